The van der Waals surface area contributed by atoms with Gasteiger partial charge in [-0.05, 0) is 18.8 Å². The predicted molar refractivity (Wildman–Crippen MR) is 68.6 cm³/mol. The third-order valence-electron chi connectivity index (χ3n) is 4.26. The second-order valence-corrected chi connectivity index (χ2v) is 5.68. The SMILES string of the molecule is CC(C)C(CN)C(=O)N1CCCC2C(=O)NCC21. The van der Waals surface area contributed by atoms with E-state index in [-0.39, 0.29) is 35.6 Å². The van der Waals surface area contributed by atoms with Gasteiger partial charge in [0.1, 0.15) is 0 Å². The van der Waals surface area contributed by atoms with Crippen LogP contribution in [0.25, 0.3) is 0 Å². The number of nitrogens with two attached hydrogens (primary N) is 1. The van der Waals surface area contributed by atoms with Gasteiger partial charge in [-0.3, -0.25) is 9.59 Å². The Bertz CT molecular complexity index is 343. The van der Waals surface area contributed by atoms with Gasteiger partial charge in [0.2, 0.25) is 11.8 Å². The number of fused-ring (bicyclic) bond motifs is 1. The van der Waals surface area contributed by atoms with E-state index in [4.69, 9.17) is 5.73 Å². The van der Waals surface area contributed by atoms with Gasteiger partial charge in [0.05, 0.1) is 17.9 Å². The quantitative estimate of drug-likeness (QED) is 0.740. The molecule has 3 N–H and O–H groups in total. The van der Waals surface area contributed by atoms with Gasteiger partial charge in [-0.25, -0.2) is 0 Å². The fourth-order valence-electron chi connectivity index (χ4n) is 3.10. The normalized spacial score (nSPS) is 29.1. The summed E-state index contributed by atoms with van der Waals surface area (Å²) in [4.78, 5) is 26.1. The molecule has 18 heavy (non-hydrogen) atoms. The number of hydrogen-bond donors (Lipinski definition) is 2. The van der Waals surface area contributed by atoms with Crippen molar-refractivity contribution in [3.63, 3.8) is 0 Å². The van der Waals surface area contributed by atoms with E-state index in [0.29, 0.717) is 13.1 Å². The van der Waals surface area contributed by atoms with Crippen LogP contribution in [0.3, 0.4) is 0 Å². The predicted octanol–water partition coefficient (Wildman–Crippen LogP) is -0.0457. The number of amides is 2. The van der Waals surface area contributed by atoms with Crippen molar-refractivity contribution in [2.45, 2.75) is 32.7 Å². The van der Waals surface area contributed by atoms with Crippen LogP contribution in [0.15, 0.2) is 0 Å². The molecule has 2 aliphatic heterocycles. The number of likely N-dealkylation sites (tertiary alicyclic amines) is 1. The van der Waals surface area contributed by atoms with Crippen LogP contribution in [0.2, 0.25) is 0 Å². The molecule has 2 saturated heterocycles. The molecule has 0 spiro atoms. The Morgan fingerprint density at radius 1 is 1.56 bits per heavy atom. The Balaban J connectivity index is 2.12. The maximum Gasteiger partial charge on any atom is 0.227 e. The lowest BCUT2D eigenvalue weighted by molar-refractivity contribution is -0.141. The van der Waals surface area contributed by atoms with Crippen molar-refractivity contribution in [2.24, 2.45) is 23.5 Å². The van der Waals surface area contributed by atoms with E-state index >= 15 is 0 Å². The summed E-state index contributed by atoms with van der Waals surface area (Å²) < 4.78 is 0. The minimum absolute atomic E-state index is 0.00622. The number of piperidine rings is 1. The highest BCUT2D eigenvalue weighted by atomic mass is 16.2. The number of carbonyl (C=O) groups is 2. The highest BCUT2D eigenvalue weighted by molar-refractivity contribution is 5.85. The van der Waals surface area contributed by atoms with Gasteiger partial charge >= 0.3 is 0 Å². The van der Waals surface area contributed by atoms with Gasteiger partial charge in [-0.15, -0.1) is 0 Å². The summed E-state index contributed by atoms with van der Waals surface area (Å²) in [5, 5.41) is 2.87. The number of nitrogens with zero attached hydrogens (tertiary/aromatic N) is 1. The first-order valence-electron chi connectivity index (χ1n) is 6.84. The van der Waals surface area contributed by atoms with Crippen molar-refractivity contribution in [1.82, 2.24) is 10.2 Å². The summed E-state index contributed by atoms with van der Waals surface area (Å²) in [5.41, 5.74) is 5.72. The maximum atomic E-state index is 12.5. The van der Waals surface area contributed by atoms with E-state index in [0.717, 1.165) is 19.4 Å². The molecule has 0 radical (unpaired) electrons. The zero-order chi connectivity index (χ0) is 13.3. The van der Waals surface area contributed by atoms with Crippen molar-refractivity contribution < 1.29 is 9.59 Å². The molecule has 3 unspecified atom stereocenters. The van der Waals surface area contributed by atoms with Gasteiger partial charge in [0.15, 0.2) is 0 Å². The molecule has 2 amide bonds. The Morgan fingerprint density at radius 3 is 2.89 bits per heavy atom. The third-order valence-corrected chi connectivity index (χ3v) is 4.26. The Morgan fingerprint density at radius 2 is 2.28 bits per heavy atom. The van der Waals surface area contributed by atoms with Crippen molar-refractivity contribution in [1.29, 1.82) is 0 Å². The summed E-state index contributed by atoms with van der Waals surface area (Å²) in [5.74, 6) is 0.339. The molecule has 0 aromatic carbocycles. The average Bonchev–Trinajstić information content (AvgIpc) is 2.71. The molecule has 5 nitrogen and oxygen atoms in total. The molecule has 3 atom stereocenters. The number of rotatable bonds is 3. The minimum atomic E-state index is -0.126. The van der Waals surface area contributed by atoms with Gasteiger partial charge in [-0.1, -0.05) is 13.8 Å². The zero-order valence-electron chi connectivity index (χ0n) is 11.2. The molecule has 0 bridgehead atoms. The van der Waals surface area contributed by atoms with E-state index in [1.165, 1.54) is 0 Å². The molecule has 2 heterocycles. The Kier molecular flexibility index (Phi) is 3.90. The Labute approximate surface area is 108 Å². The first-order valence-corrected chi connectivity index (χ1v) is 6.84. The lowest BCUT2D eigenvalue weighted by Gasteiger charge is -2.38. The van der Waals surface area contributed by atoms with Crippen LogP contribution >= 0.6 is 0 Å². The lowest BCUT2D eigenvalue weighted by Crippen LogP contribution is -2.52. The smallest absolute Gasteiger partial charge is 0.227 e. The van der Waals surface area contributed by atoms with E-state index in [9.17, 15) is 9.59 Å². The molecule has 0 saturated carbocycles. The summed E-state index contributed by atoms with van der Waals surface area (Å²) in [7, 11) is 0. The fraction of sp³-hybridized carbons (Fsp3) is 0.846. The first-order chi connectivity index (χ1) is 8.56. The molecular formula is C13H23N3O2. The van der Waals surface area contributed by atoms with Crippen molar-refractivity contribution in [3.8, 4) is 0 Å². The molecule has 2 rings (SSSR count). The van der Waals surface area contributed by atoms with E-state index in [1.54, 1.807) is 0 Å². The summed E-state index contributed by atoms with van der Waals surface area (Å²) in [6.07, 6.45) is 1.81. The standard InChI is InChI=1S/C13H23N3O2/c1-8(2)10(6-14)13(18)16-5-3-4-9-11(16)7-15-12(9)17/h8-11H,3-7,14H2,1-2H3,(H,15,17). The van der Waals surface area contributed by atoms with E-state index in [2.05, 4.69) is 5.32 Å². The average molecular weight is 253 g/mol. The summed E-state index contributed by atoms with van der Waals surface area (Å²) in [6, 6.07) is 0.0477. The van der Waals surface area contributed by atoms with Gasteiger partial charge in [-0.2, -0.15) is 0 Å². The lowest BCUT2D eigenvalue weighted by atomic mass is 9.88. The molecule has 0 aliphatic carbocycles. The summed E-state index contributed by atoms with van der Waals surface area (Å²) >= 11 is 0. The Hall–Kier alpha value is -1.10. The number of nitrogens with one attached hydrogen (secondary N) is 1. The molecule has 0 aromatic heterocycles. The zero-order valence-corrected chi connectivity index (χ0v) is 11.2. The maximum absolute atomic E-state index is 12.5. The van der Waals surface area contributed by atoms with Crippen LogP contribution in [0.5, 0.6) is 0 Å². The minimum Gasteiger partial charge on any atom is -0.354 e. The first kappa shape index (κ1) is 13.3. The van der Waals surface area contributed by atoms with Crippen LogP contribution in [0.4, 0.5) is 0 Å². The molecule has 102 valence electrons. The van der Waals surface area contributed by atoms with Crippen LogP contribution in [-0.2, 0) is 9.59 Å². The third kappa shape index (κ3) is 2.23. The van der Waals surface area contributed by atoms with Crippen molar-refractivity contribution >= 4 is 11.8 Å². The van der Waals surface area contributed by atoms with E-state index < -0.39 is 0 Å². The van der Waals surface area contributed by atoms with Crippen LogP contribution in [-0.4, -0.2) is 42.4 Å². The topological polar surface area (TPSA) is 75.4 Å². The summed E-state index contributed by atoms with van der Waals surface area (Å²) in [6.45, 7) is 5.79. The van der Waals surface area contributed by atoms with Gasteiger partial charge in [0.25, 0.3) is 0 Å². The molecule has 2 aliphatic rings. The molecule has 2 fully saturated rings. The molecule has 0 aromatic rings. The second-order valence-electron chi connectivity index (χ2n) is 5.68. The van der Waals surface area contributed by atoms with Crippen LogP contribution in [0, 0.1) is 17.8 Å². The largest absolute Gasteiger partial charge is 0.354 e. The van der Waals surface area contributed by atoms with Crippen molar-refractivity contribution in [2.75, 3.05) is 19.6 Å². The van der Waals surface area contributed by atoms with E-state index in [1.807, 2.05) is 18.7 Å². The van der Waals surface area contributed by atoms with Crippen molar-refractivity contribution in [3.05, 3.63) is 0 Å². The number of carbonyl (C=O) groups excluding carboxylic acids is 2. The second kappa shape index (κ2) is 5.26. The van der Waals surface area contributed by atoms with Crippen LogP contribution < -0.4 is 11.1 Å². The molecule has 5 heteroatoms. The number of hydrogen-bond acceptors (Lipinski definition) is 3. The monoisotopic (exact) mass is 253 g/mol. The van der Waals surface area contributed by atoms with Gasteiger partial charge in [0, 0.05) is 19.6 Å². The highest BCUT2D eigenvalue weighted by Gasteiger charge is 2.43. The molecular weight excluding hydrogens is 230 g/mol. The van der Waals surface area contributed by atoms with Crippen LogP contribution in [0.1, 0.15) is 26.7 Å². The van der Waals surface area contributed by atoms with Gasteiger partial charge < -0.3 is 16.0 Å². The fourth-order valence-corrected chi connectivity index (χ4v) is 3.10. The highest BCUT2D eigenvalue weighted by Crippen LogP contribution is 2.29.